The lowest BCUT2D eigenvalue weighted by Gasteiger charge is -2.23. The summed E-state index contributed by atoms with van der Waals surface area (Å²) in [5.74, 6) is -3.07. The fraction of sp³-hybridized carbons (Fsp3) is 0.400. The van der Waals surface area contributed by atoms with Gasteiger partial charge in [-0.1, -0.05) is 36.4 Å². The van der Waals surface area contributed by atoms with E-state index in [1.165, 1.54) is 0 Å². The van der Waals surface area contributed by atoms with E-state index in [0.717, 1.165) is 0 Å². The van der Waals surface area contributed by atoms with Crippen LogP contribution in [0.1, 0.15) is 0 Å². The van der Waals surface area contributed by atoms with Crippen LogP contribution in [-0.2, 0) is 21.7 Å². The van der Waals surface area contributed by atoms with E-state index in [1.54, 1.807) is 24.3 Å². The Labute approximate surface area is 216 Å². The standard InChI is InChI=1S/C10H19O3PSi2.C6H5Cl2OP.C4H14OSi2/c1-15(2)12-14(11,13-16(3)4)10-8-6-5-7-9-10;7-10(8,9)6-4-2-1-3-5-6;1-6(2)5-7(3)4/h5-9,15-16H,1-4H3;1-5H;6-7H,1-4H3. The van der Waals surface area contributed by atoms with Crippen LogP contribution in [-0.4, -0.2) is 36.2 Å². The summed E-state index contributed by atoms with van der Waals surface area (Å²) < 4.78 is 40.4. The van der Waals surface area contributed by atoms with Gasteiger partial charge in [-0.2, -0.15) is 0 Å². The predicted octanol–water partition coefficient (Wildman–Crippen LogP) is 6.46. The highest BCUT2D eigenvalue weighted by Crippen LogP contribution is 2.55. The summed E-state index contributed by atoms with van der Waals surface area (Å²) in [5, 5.41) is 1.16. The maximum absolute atomic E-state index is 12.7. The molecular formula is C20H38Cl2O5P2Si4. The summed E-state index contributed by atoms with van der Waals surface area (Å²) >= 11 is 10.8. The van der Waals surface area contributed by atoms with Gasteiger partial charge in [0.25, 0.3) is 5.85 Å². The number of hydrogen-bond donors (Lipinski definition) is 0. The third kappa shape index (κ3) is 16.5. The molecule has 2 rings (SSSR count). The van der Waals surface area contributed by atoms with Crippen LogP contribution in [0.5, 0.6) is 0 Å². The van der Waals surface area contributed by atoms with Gasteiger partial charge in [0.05, 0.1) is 5.30 Å². The number of rotatable bonds is 8. The van der Waals surface area contributed by atoms with Crippen LogP contribution >= 0.6 is 35.9 Å². The molecule has 0 unspecified atom stereocenters. The minimum atomic E-state index is -3.07. The lowest BCUT2D eigenvalue weighted by atomic mass is 10.4. The molecule has 0 radical (unpaired) electrons. The number of hydrogen-bond acceptors (Lipinski definition) is 5. The third-order valence-corrected chi connectivity index (χ3v) is 16.3. The fourth-order valence-corrected chi connectivity index (χ4v) is 14.6. The zero-order valence-corrected chi connectivity index (χ0v) is 28.7. The molecule has 0 aliphatic rings. The van der Waals surface area contributed by atoms with Gasteiger partial charge in [0.2, 0.25) is 0 Å². The lowest BCUT2D eigenvalue weighted by Crippen LogP contribution is -2.19. The zero-order valence-electron chi connectivity index (χ0n) is 20.8. The molecule has 0 fully saturated rings. The molecule has 0 atom stereocenters. The minimum absolute atomic E-state index is 0.485. The Morgan fingerprint density at radius 3 is 1.12 bits per heavy atom. The van der Waals surface area contributed by atoms with Crippen molar-refractivity contribution < 1.29 is 21.7 Å². The summed E-state index contributed by atoms with van der Waals surface area (Å²) in [6, 6.07) is 17.8. The highest BCUT2D eigenvalue weighted by Gasteiger charge is 2.29. The summed E-state index contributed by atoms with van der Waals surface area (Å²) in [7, 11) is -7.17. The van der Waals surface area contributed by atoms with E-state index in [1.807, 2.05) is 62.6 Å². The van der Waals surface area contributed by atoms with Gasteiger partial charge in [0, 0.05) is 5.30 Å². The molecule has 33 heavy (non-hydrogen) atoms. The monoisotopic (exact) mass is 602 g/mol. The Morgan fingerprint density at radius 2 is 0.909 bits per heavy atom. The fourth-order valence-electron chi connectivity index (χ4n) is 2.46. The van der Waals surface area contributed by atoms with Crippen molar-refractivity contribution in [1.82, 2.24) is 0 Å². The predicted molar refractivity (Wildman–Crippen MR) is 158 cm³/mol. The molecule has 0 amide bonds. The molecule has 0 N–H and O–H groups in total. The molecule has 0 heterocycles. The van der Waals surface area contributed by atoms with Crippen LogP contribution in [0.25, 0.3) is 0 Å². The molecule has 188 valence electrons. The Balaban J connectivity index is 0.000000514. The van der Waals surface area contributed by atoms with Crippen LogP contribution in [0, 0.1) is 0 Å². The lowest BCUT2D eigenvalue weighted by molar-refractivity contribution is 0.409. The summed E-state index contributed by atoms with van der Waals surface area (Å²) in [4.78, 5) is 0. The molecule has 2 aromatic rings. The highest BCUT2D eigenvalue weighted by atomic mass is 35.9. The summed E-state index contributed by atoms with van der Waals surface area (Å²) in [6.07, 6.45) is 0. The first-order valence-corrected chi connectivity index (χ1v) is 27.1. The molecular weight excluding hydrogens is 565 g/mol. The molecule has 0 aliphatic heterocycles. The topological polar surface area (TPSA) is 61.8 Å². The van der Waals surface area contributed by atoms with E-state index in [-0.39, 0.29) is 0 Å². The Morgan fingerprint density at radius 1 is 0.576 bits per heavy atom. The summed E-state index contributed by atoms with van der Waals surface area (Å²) in [6.45, 7) is 16.9. The first kappa shape index (κ1) is 33.2. The van der Waals surface area contributed by atoms with Crippen LogP contribution in [0.3, 0.4) is 0 Å². The first-order valence-electron chi connectivity index (χ1n) is 10.9. The van der Waals surface area contributed by atoms with E-state index < -0.39 is 49.6 Å². The van der Waals surface area contributed by atoms with E-state index in [9.17, 15) is 9.13 Å². The molecule has 13 heteroatoms. The van der Waals surface area contributed by atoms with Gasteiger partial charge in [0.15, 0.2) is 36.2 Å². The van der Waals surface area contributed by atoms with Crippen molar-refractivity contribution in [3.05, 3.63) is 60.7 Å². The molecule has 0 bridgehead atoms. The van der Waals surface area contributed by atoms with Crippen molar-refractivity contribution in [2.45, 2.75) is 52.4 Å². The molecule has 0 saturated heterocycles. The second-order valence-corrected chi connectivity index (χ2v) is 25.7. The quantitative estimate of drug-likeness (QED) is 0.256. The number of benzene rings is 2. The smallest absolute Gasteiger partial charge is 0.341 e. The Hall–Kier alpha value is 0.228. The van der Waals surface area contributed by atoms with E-state index >= 15 is 0 Å². The van der Waals surface area contributed by atoms with Crippen molar-refractivity contribution in [2.24, 2.45) is 0 Å². The molecule has 0 saturated carbocycles. The minimum Gasteiger partial charge on any atom is -0.461 e. The molecule has 0 aromatic heterocycles. The average molecular weight is 604 g/mol. The van der Waals surface area contributed by atoms with Gasteiger partial charge in [-0.25, -0.2) is 0 Å². The number of halogens is 2. The molecule has 5 nitrogen and oxygen atoms in total. The van der Waals surface area contributed by atoms with Crippen molar-refractivity contribution in [2.75, 3.05) is 0 Å². The largest absolute Gasteiger partial charge is 0.461 e. The van der Waals surface area contributed by atoms with Gasteiger partial charge in [-0.15, -0.1) is 0 Å². The van der Waals surface area contributed by atoms with Crippen molar-refractivity contribution >= 4 is 82.7 Å². The third-order valence-electron chi connectivity index (χ3n) is 3.37. The van der Waals surface area contributed by atoms with Crippen LogP contribution in [0.4, 0.5) is 0 Å². The van der Waals surface area contributed by atoms with Crippen LogP contribution < -0.4 is 10.6 Å². The van der Waals surface area contributed by atoms with Crippen molar-refractivity contribution in [1.29, 1.82) is 0 Å². The maximum atomic E-state index is 12.7. The SMILES string of the molecule is C[SiH](C)OP(=O)(O[SiH](C)C)c1ccccc1.C[SiH](C)O[SiH](C)C.O=P(Cl)(Cl)c1ccccc1. The van der Waals surface area contributed by atoms with Crippen LogP contribution in [0.2, 0.25) is 52.4 Å². The average Bonchev–Trinajstić information content (AvgIpc) is 2.67. The molecule has 2 aromatic carbocycles. The molecule has 0 aliphatic carbocycles. The van der Waals surface area contributed by atoms with Gasteiger partial charge in [-0.3, -0.25) is 9.13 Å². The van der Waals surface area contributed by atoms with Gasteiger partial charge in [-0.05, 0) is 99.1 Å². The van der Waals surface area contributed by atoms with Crippen molar-refractivity contribution in [3.8, 4) is 0 Å². The summed E-state index contributed by atoms with van der Waals surface area (Å²) in [5.41, 5.74) is 0. The van der Waals surface area contributed by atoms with Gasteiger partial charge >= 0.3 is 7.60 Å². The Kier molecular flexibility index (Phi) is 16.9. The first-order chi connectivity index (χ1) is 15.2. The van der Waals surface area contributed by atoms with Gasteiger partial charge < -0.3 is 12.5 Å². The second kappa shape index (κ2) is 16.8. The van der Waals surface area contributed by atoms with E-state index in [0.29, 0.717) is 10.6 Å². The van der Waals surface area contributed by atoms with Crippen LogP contribution in [0.15, 0.2) is 60.7 Å². The van der Waals surface area contributed by atoms with E-state index in [4.69, 9.17) is 35.0 Å². The Bertz CT molecular complexity index is 849. The second-order valence-electron chi connectivity index (χ2n) is 8.17. The normalized spacial score (nSPS) is 11.8. The van der Waals surface area contributed by atoms with E-state index in [2.05, 4.69) is 26.2 Å². The maximum Gasteiger partial charge on any atom is 0.341 e. The molecule has 0 spiro atoms. The van der Waals surface area contributed by atoms with Crippen molar-refractivity contribution in [3.63, 3.8) is 0 Å². The highest BCUT2D eigenvalue weighted by molar-refractivity contribution is 8.13. The zero-order chi connectivity index (χ0) is 25.7. The van der Waals surface area contributed by atoms with Gasteiger partial charge in [0.1, 0.15) is 0 Å².